The first kappa shape index (κ1) is 17.0. The van der Waals surface area contributed by atoms with E-state index in [1.807, 2.05) is 0 Å². The van der Waals surface area contributed by atoms with Gasteiger partial charge in [0.25, 0.3) is 5.79 Å². The molecule has 1 aromatic heterocycles. The first-order valence-corrected chi connectivity index (χ1v) is 8.21. The Kier molecular flexibility index (Phi) is 4.48. The third kappa shape index (κ3) is 3.81. The standard InChI is InChI=1S/C18H20N2O5/c1-4-5-6-15-20-13-9-11(7-8-14(13)23-15)19-10-12-16(21)24-18(2,3)25-17(12)22/h7-10,19H,4-6H2,1-3H3. The Balaban J connectivity index is 1.76. The summed E-state index contributed by atoms with van der Waals surface area (Å²) in [6.07, 6.45) is 4.16. The lowest BCUT2D eigenvalue weighted by atomic mass is 10.2. The highest BCUT2D eigenvalue weighted by Gasteiger charge is 2.38. The van der Waals surface area contributed by atoms with Crippen molar-refractivity contribution in [2.45, 2.75) is 45.8 Å². The summed E-state index contributed by atoms with van der Waals surface area (Å²) in [5, 5.41) is 2.90. The number of oxazole rings is 1. The molecule has 1 aliphatic rings. The fourth-order valence-electron chi connectivity index (χ4n) is 2.43. The summed E-state index contributed by atoms with van der Waals surface area (Å²) >= 11 is 0. The lowest BCUT2D eigenvalue weighted by Gasteiger charge is -2.29. The molecule has 2 heterocycles. The summed E-state index contributed by atoms with van der Waals surface area (Å²) in [4.78, 5) is 28.2. The van der Waals surface area contributed by atoms with Gasteiger partial charge in [-0.3, -0.25) is 0 Å². The van der Waals surface area contributed by atoms with Crippen molar-refractivity contribution in [1.29, 1.82) is 0 Å². The van der Waals surface area contributed by atoms with Gasteiger partial charge in [0, 0.05) is 32.2 Å². The van der Waals surface area contributed by atoms with Crippen molar-refractivity contribution in [3.8, 4) is 0 Å². The van der Waals surface area contributed by atoms with Crippen LogP contribution in [0.5, 0.6) is 0 Å². The predicted octanol–water partition coefficient (Wildman–Crippen LogP) is 3.30. The summed E-state index contributed by atoms with van der Waals surface area (Å²) in [6.45, 7) is 5.11. The van der Waals surface area contributed by atoms with Crippen molar-refractivity contribution in [2.24, 2.45) is 0 Å². The van der Waals surface area contributed by atoms with E-state index < -0.39 is 17.7 Å². The fraction of sp³-hybridized carbons (Fsp3) is 0.389. The summed E-state index contributed by atoms with van der Waals surface area (Å²) < 4.78 is 15.8. The number of esters is 2. The Bertz CT molecular complexity index is 828. The molecule has 0 aliphatic carbocycles. The molecule has 0 saturated carbocycles. The molecule has 0 amide bonds. The summed E-state index contributed by atoms with van der Waals surface area (Å²) in [6, 6.07) is 5.35. The first-order chi connectivity index (χ1) is 11.9. The van der Waals surface area contributed by atoms with E-state index in [2.05, 4.69) is 17.2 Å². The van der Waals surface area contributed by atoms with Gasteiger partial charge in [-0.15, -0.1) is 0 Å². The predicted molar refractivity (Wildman–Crippen MR) is 90.6 cm³/mol. The van der Waals surface area contributed by atoms with Crippen LogP contribution in [0, 0.1) is 0 Å². The largest absolute Gasteiger partial charge is 0.441 e. The molecule has 7 heteroatoms. The maximum Gasteiger partial charge on any atom is 0.350 e. The molecule has 2 aromatic rings. The van der Waals surface area contributed by atoms with E-state index in [4.69, 9.17) is 13.9 Å². The summed E-state index contributed by atoms with van der Waals surface area (Å²) in [7, 11) is 0. The second kappa shape index (κ2) is 6.58. The number of nitrogens with zero attached hydrogens (tertiary/aromatic N) is 1. The normalized spacial score (nSPS) is 16.5. The number of benzene rings is 1. The molecule has 0 bridgehead atoms. The van der Waals surface area contributed by atoms with Gasteiger partial charge in [-0.05, 0) is 24.6 Å². The molecule has 1 aromatic carbocycles. The zero-order valence-corrected chi connectivity index (χ0v) is 14.4. The highest BCUT2D eigenvalue weighted by Crippen LogP contribution is 2.24. The topological polar surface area (TPSA) is 90.7 Å². The zero-order chi connectivity index (χ0) is 18.0. The number of ether oxygens (including phenoxy) is 2. The molecule has 0 radical (unpaired) electrons. The number of hydrogen-bond acceptors (Lipinski definition) is 7. The van der Waals surface area contributed by atoms with Crippen molar-refractivity contribution >= 4 is 28.7 Å². The molecule has 1 aliphatic heterocycles. The van der Waals surface area contributed by atoms with Gasteiger partial charge in [0.2, 0.25) is 0 Å². The summed E-state index contributed by atoms with van der Waals surface area (Å²) in [5.41, 5.74) is 1.89. The van der Waals surface area contributed by atoms with Crippen molar-refractivity contribution in [2.75, 3.05) is 5.32 Å². The first-order valence-electron chi connectivity index (χ1n) is 8.21. The Morgan fingerprint density at radius 2 is 1.92 bits per heavy atom. The van der Waals surface area contributed by atoms with Crippen molar-refractivity contribution in [3.63, 3.8) is 0 Å². The number of anilines is 1. The van der Waals surface area contributed by atoms with Crippen LogP contribution in [-0.4, -0.2) is 22.7 Å². The van der Waals surface area contributed by atoms with Crippen LogP contribution in [0.2, 0.25) is 0 Å². The number of rotatable bonds is 5. The molecule has 1 fully saturated rings. The van der Waals surface area contributed by atoms with Crippen LogP contribution >= 0.6 is 0 Å². The third-order valence-corrected chi connectivity index (χ3v) is 3.68. The van der Waals surface area contributed by atoms with Gasteiger partial charge in [-0.1, -0.05) is 13.3 Å². The summed E-state index contributed by atoms with van der Waals surface area (Å²) in [5.74, 6) is -2.00. The van der Waals surface area contributed by atoms with Crippen molar-refractivity contribution < 1.29 is 23.5 Å². The minimum absolute atomic E-state index is 0.191. The third-order valence-electron chi connectivity index (χ3n) is 3.68. The number of cyclic esters (lactones) is 2. The highest BCUT2D eigenvalue weighted by molar-refractivity contribution is 6.15. The number of hydrogen-bond donors (Lipinski definition) is 1. The van der Waals surface area contributed by atoms with Crippen LogP contribution in [0.15, 0.2) is 34.4 Å². The average molecular weight is 344 g/mol. The fourth-order valence-corrected chi connectivity index (χ4v) is 2.43. The molecule has 1 N–H and O–H groups in total. The van der Waals surface area contributed by atoms with E-state index in [9.17, 15) is 9.59 Å². The van der Waals surface area contributed by atoms with E-state index in [-0.39, 0.29) is 5.57 Å². The number of unbranched alkanes of at least 4 members (excludes halogenated alkanes) is 1. The van der Waals surface area contributed by atoms with E-state index in [1.54, 1.807) is 18.2 Å². The molecule has 0 atom stereocenters. The highest BCUT2D eigenvalue weighted by atomic mass is 16.7. The van der Waals surface area contributed by atoms with E-state index in [0.717, 1.165) is 19.3 Å². The molecule has 3 rings (SSSR count). The SMILES string of the molecule is CCCCc1nc2cc(NC=C3C(=O)OC(C)(C)OC3=O)ccc2o1. The Hall–Kier alpha value is -2.83. The van der Waals surface area contributed by atoms with Gasteiger partial charge >= 0.3 is 11.9 Å². The van der Waals surface area contributed by atoms with Crippen LogP contribution in [0.3, 0.4) is 0 Å². The molecule has 0 unspecified atom stereocenters. The Morgan fingerprint density at radius 1 is 1.20 bits per heavy atom. The molecule has 0 spiro atoms. The maximum atomic E-state index is 11.9. The van der Waals surface area contributed by atoms with Gasteiger partial charge in [-0.25, -0.2) is 14.6 Å². The van der Waals surface area contributed by atoms with E-state index in [1.165, 1.54) is 20.0 Å². The number of carbonyl (C=O) groups is 2. The molecule has 1 saturated heterocycles. The van der Waals surface area contributed by atoms with Gasteiger partial charge in [0.15, 0.2) is 17.0 Å². The van der Waals surface area contributed by atoms with Crippen LogP contribution < -0.4 is 5.32 Å². The maximum absolute atomic E-state index is 11.9. The minimum atomic E-state index is -1.25. The van der Waals surface area contributed by atoms with E-state index >= 15 is 0 Å². The molecular weight excluding hydrogens is 324 g/mol. The smallest absolute Gasteiger partial charge is 0.350 e. The van der Waals surface area contributed by atoms with Gasteiger partial charge in [0.05, 0.1) is 0 Å². The van der Waals surface area contributed by atoms with Gasteiger partial charge in [-0.2, -0.15) is 0 Å². The molecule has 25 heavy (non-hydrogen) atoms. The van der Waals surface area contributed by atoms with Gasteiger partial charge in [0.1, 0.15) is 5.52 Å². The quantitative estimate of drug-likeness (QED) is 0.505. The van der Waals surface area contributed by atoms with Gasteiger partial charge < -0.3 is 19.2 Å². The molecular formula is C18H20N2O5. The van der Waals surface area contributed by atoms with Crippen LogP contribution in [0.25, 0.3) is 11.1 Å². The van der Waals surface area contributed by atoms with Crippen LogP contribution in [-0.2, 0) is 25.5 Å². The number of fused-ring (bicyclic) bond motifs is 1. The molecule has 132 valence electrons. The zero-order valence-electron chi connectivity index (χ0n) is 14.4. The average Bonchev–Trinajstić information content (AvgIpc) is 2.93. The van der Waals surface area contributed by atoms with Crippen molar-refractivity contribution in [3.05, 3.63) is 35.9 Å². The minimum Gasteiger partial charge on any atom is -0.441 e. The van der Waals surface area contributed by atoms with Crippen molar-refractivity contribution in [1.82, 2.24) is 4.98 Å². The number of aromatic nitrogens is 1. The van der Waals surface area contributed by atoms with E-state index in [0.29, 0.717) is 22.7 Å². The number of carbonyl (C=O) groups excluding carboxylic acids is 2. The monoisotopic (exact) mass is 344 g/mol. The van der Waals surface area contributed by atoms with Crippen LogP contribution in [0.1, 0.15) is 39.5 Å². The lowest BCUT2D eigenvalue weighted by molar-refractivity contribution is -0.222. The second-order valence-electron chi connectivity index (χ2n) is 6.27. The van der Waals surface area contributed by atoms with Crippen LogP contribution in [0.4, 0.5) is 5.69 Å². The Morgan fingerprint density at radius 3 is 2.60 bits per heavy atom. The number of aryl methyl sites for hydroxylation is 1. The molecule has 7 nitrogen and oxygen atoms in total. The number of nitrogens with one attached hydrogen (secondary N) is 1. The Labute approximate surface area is 145 Å². The second-order valence-corrected chi connectivity index (χ2v) is 6.27. The lowest BCUT2D eigenvalue weighted by Crippen LogP contribution is -2.42.